The van der Waals surface area contributed by atoms with Crippen molar-refractivity contribution < 1.29 is 9.90 Å². The molecule has 2 aromatic heterocycles. The van der Waals surface area contributed by atoms with E-state index < -0.39 is 6.61 Å². The number of para-hydroxylation sites is 1. The van der Waals surface area contributed by atoms with Crippen LogP contribution in [0, 0.1) is 13.8 Å². The van der Waals surface area contributed by atoms with Crippen LogP contribution in [0.5, 0.6) is 0 Å². The maximum atomic E-state index is 11.9. The highest BCUT2D eigenvalue weighted by Crippen LogP contribution is 2.29. The van der Waals surface area contributed by atoms with E-state index in [0.29, 0.717) is 30.5 Å². The average Bonchev–Trinajstić information content (AvgIpc) is 3.15. The molecule has 1 aliphatic rings. The van der Waals surface area contributed by atoms with Gasteiger partial charge in [-0.2, -0.15) is 10.1 Å². The van der Waals surface area contributed by atoms with Crippen LogP contribution < -0.4 is 10.6 Å². The molecule has 34 heavy (non-hydrogen) atoms. The number of fused-ring (bicyclic) bond motifs is 2. The molecule has 0 aliphatic carbocycles. The number of rotatable bonds is 5. The number of aliphatic hydroxyl groups is 1. The smallest absolute Gasteiger partial charge is 0.248 e. The summed E-state index contributed by atoms with van der Waals surface area (Å²) in [6.07, 6.45) is 2.54. The zero-order valence-corrected chi connectivity index (χ0v) is 19.5. The van der Waals surface area contributed by atoms with Crippen LogP contribution in [0.4, 0.5) is 23.1 Å². The van der Waals surface area contributed by atoms with Crippen LogP contribution in [-0.2, 0) is 24.8 Å². The normalized spacial score (nSPS) is 13.1. The first-order valence-electron chi connectivity index (χ1n) is 11.2. The number of anilines is 4. The van der Waals surface area contributed by atoms with Gasteiger partial charge in [-0.25, -0.2) is 9.67 Å². The Hall–Kier alpha value is -3.98. The number of aromatic nitrogens is 4. The molecule has 3 heterocycles. The highest BCUT2D eigenvalue weighted by atomic mass is 16.3. The zero-order chi connectivity index (χ0) is 23.8. The third kappa shape index (κ3) is 4.06. The Kier molecular flexibility index (Phi) is 5.62. The van der Waals surface area contributed by atoms with Crippen molar-refractivity contribution in [3.63, 3.8) is 0 Å². The standard InChI is InChI=1S/C25H27N7O2/c1-15-5-4-6-16(2)22(15)28-23-20-12-26-25(29-24(20)31(3)30-23)27-19-8-7-17-9-10-32(21(34)14-33)13-18(17)11-19/h4-8,11-12,33H,9-10,13-14H2,1-3H3,(H,28,30)(H,26,27,29). The van der Waals surface area contributed by atoms with Crippen molar-refractivity contribution in [2.45, 2.75) is 26.8 Å². The maximum absolute atomic E-state index is 11.9. The van der Waals surface area contributed by atoms with Crippen LogP contribution in [0.1, 0.15) is 22.3 Å². The summed E-state index contributed by atoms with van der Waals surface area (Å²) in [5, 5.41) is 21.3. The summed E-state index contributed by atoms with van der Waals surface area (Å²) >= 11 is 0. The largest absolute Gasteiger partial charge is 0.387 e. The van der Waals surface area contributed by atoms with E-state index in [1.165, 1.54) is 5.56 Å². The van der Waals surface area contributed by atoms with Gasteiger partial charge in [0.1, 0.15) is 6.61 Å². The Balaban J connectivity index is 1.40. The van der Waals surface area contributed by atoms with Gasteiger partial charge in [-0.05, 0) is 54.7 Å². The molecule has 0 radical (unpaired) electrons. The Morgan fingerprint density at radius 1 is 1.12 bits per heavy atom. The van der Waals surface area contributed by atoms with E-state index in [1.807, 2.05) is 25.2 Å². The first kappa shape index (κ1) is 21.8. The second-order valence-corrected chi connectivity index (χ2v) is 8.63. The molecule has 3 N–H and O–H groups in total. The van der Waals surface area contributed by atoms with Gasteiger partial charge in [0.15, 0.2) is 11.5 Å². The number of hydrogen-bond acceptors (Lipinski definition) is 7. The molecular formula is C25H27N7O2. The van der Waals surface area contributed by atoms with Gasteiger partial charge < -0.3 is 20.6 Å². The summed E-state index contributed by atoms with van der Waals surface area (Å²) in [6, 6.07) is 12.2. The maximum Gasteiger partial charge on any atom is 0.248 e. The number of nitrogens with zero attached hydrogens (tertiary/aromatic N) is 5. The van der Waals surface area contributed by atoms with Gasteiger partial charge >= 0.3 is 0 Å². The Morgan fingerprint density at radius 2 is 1.91 bits per heavy atom. The number of benzene rings is 2. The lowest BCUT2D eigenvalue weighted by atomic mass is 9.99. The Morgan fingerprint density at radius 3 is 2.68 bits per heavy atom. The van der Waals surface area contributed by atoms with Crippen molar-refractivity contribution in [1.29, 1.82) is 0 Å². The van der Waals surface area contributed by atoms with Crippen molar-refractivity contribution in [1.82, 2.24) is 24.6 Å². The van der Waals surface area contributed by atoms with Crippen LogP contribution in [0.15, 0.2) is 42.6 Å². The molecule has 1 amide bonds. The van der Waals surface area contributed by atoms with Crippen molar-refractivity contribution in [3.05, 3.63) is 64.8 Å². The fourth-order valence-electron chi connectivity index (χ4n) is 4.40. The summed E-state index contributed by atoms with van der Waals surface area (Å²) in [5.41, 5.74) is 7.13. The predicted molar refractivity (Wildman–Crippen MR) is 131 cm³/mol. The number of aryl methyl sites for hydroxylation is 3. The zero-order valence-electron chi connectivity index (χ0n) is 19.5. The third-order valence-corrected chi connectivity index (χ3v) is 6.27. The molecule has 9 nitrogen and oxygen atoms in total. The monoisotopic (exact) mass is 457 g/mol. The van der Waals surface area contributed by atoms with Crippen molar-refractivity contribution in [2.75, 3.05) is 23.8 Å². The Bertz CT molecular complexity index is 1380. The summed E-state index contributed by atoms with van der Waals surface area (Å²) in [7, 11) is 1.86. The van der Waals surface area contributed by atoms with E-state index in [-0.39, 0.29) is 5.91 Å². The van der Waals surface area contributed by atoms with Crippen LogP contribution >= 0.6 is 0 Å². The summed E-state index contributed by atoms with van der Waals surface area (Å²) in [4.78, 5) is 22.8. The number of carbonyl (C=O) groups is 1. The average molecular weight is 458 g/mol. The molecule has 0 bridgehead atoms. The second-order valence-electron chi connectivity index (χ2n) is 8.63. The molecule has 0 saturated heterocycles. The van der Waals surface area contributed by atoms with Gasteiger partial charge in [0.25, 0.3) is 0 Å². The first-order chi connectivity index (χ1) is 16.4. The molecule has 1 aliphatic heterocycles. The topological polar surface area (TPSA) is 108 Å². The Labute approximate surface area is 197 Å². The van der Waals surface area contributed by atoms with Gasteiger partial charge in [0.2, 0.25) is 11.9 Å². The summed E-state index contributed by atoms with van der Waals surface area (Å²) in [6.45, 7) is 4.77. The van der Waals surface area contributed by atoms with Gasteiger partial charge in [0.05, 0.1) is 5.39 Å². The number of nitrogens with one attached hydrogen (secondary N) is 2. The second kappa shape index (κ2) is 8.75. The molecule has 5 rings (SSSR count). The fraction of sp³-hybridized carbons (Fsp3) is 0.280. The third-order valence-electron chi connectivity index (χ3n) is 6.27. The van der Waals surface area contributed by atoms with Crippen molar-refractivity contribution >= 4 is 40.1 Å². The van der Waals surface area contributed by atoms with Gasteiger partial charge in [-0.3, -0.25) is 4.79 Å². The minimum absolute atomic E-state index is 0.251. The molecule has 0 unspecified atom stereocenters. The van der Waals surface area contributed by atoms with Crippen molar-refractivity contribution in [2.24, 2.45) is 7.05 Å². The molecule has 2 aromatic carbocycles. The van der Waals surface area contributed by atoms with Gasteiger partial charge in [-0.1, -0.05) is 24.3 Å². The molecule has 9 heteroatoms. The fourth-order valence-corrected chi connectivity index (χ4v) is 4.40. The molecule has 0 atom stereocenters. The van der Waals surface area contributed by atoms with E-state index in [0.717, 1.165) is 39.9 Å². The quantitative estimate of drug-likeness (QED) is 0.422. The van der Waals surface area contributed by atoms with Gasteiger partial charge in [0, 0.05) is 37.7 Å². The van der Waals surface area contributed by atoms with Crippen LogP contribution in [0.2, 0.25) is 0 Å². The van der Waals surface area contributed by atoms with Crippen LogP contribution in [0.3, 0.4) is 0 Å². The lowest BCUT2D eigenvalue weighted by molar-refractivity contribution is -0.135. The van der Waals surface area contributed by atoms with Gasteiger partial charge in [-0.15, -0.1) is 0 Å². The number of hydrogen-bond donors (Lipinski definition) is 3. The van der Waals surface area contributed by atoms with Crippen molar-refractivity contribution in [3.8, 4) is 0 Å². The van der Waals surface area contributed by atoms with E-state index in [4.69, 9.17) is 0 Å². The SMILES string of the molecule is Cc1cccc(C)c1Nc1nn(C)c2nc(Nc3ccc4c(c3)CN(C(=O)CO)CC4)ncc12. The minimum atomic E-state index is -0.466. The predicted octanol–water partition coefficient (Wildman–Crippen LogP) is 3.34. The van der Waals surface area contributed by atoms with E-state index in [1.54, 1.807) is 15.8 Å². The highest BCUT2D eigenvalue weighted by molar-refractivity contribution is 5.90. The summed E-state index contributed by atoms with van der Waals surface area (Å²) in [5.74, 6) is 0.927. The molecule has 0 spiro atoms. The summed E-state index contributed by atoms with van der Waals surface area (Å²) < 4.78 is 1.74. The number of carbonyl (C=O) groups excluding carboxylic acids is 1. The van der Waals surface area contributed by atoms with Crippen LogP contribution in [0.25, 0.3) is 11.0 Å². The lowest BCUT2D eigenvalue weighted by Gasteiger charge is -2.28. The molecule has 4 aromatic rings. The minimum Gasteiger partial charge on any atom is -0.387 e. The number of aliphatic hydroxyl groups excluding tert-OH is 1. The molecular weight excluding hydrogens is 430 g/mol. The van der Waals surface area contributed by atoms with E-state index in [9.17, 15) is 9.90 Å². The van der Waals surface area contributed by atoms with Crippen LogP contribution in [-0.4, -0.2) is 48.8 Å². The molecule has 174 valence electrons. The van der Waals surface area contributed by atoms with E-state index >= 15 is 0 Å². The number of amides is 1. The lowest BCUT2D eigenvalue weighted by Crippen LogP contribution is -2.37. The molecule has 0 fully saturated rings. The van der Waals surface area contributed by atoms with E-state index in [2.05, 4.69) is 57.7 Å². The highest BCUT2D eigenvalue weighted by Gasteiger charge is 2.20. The molecule has 0 saturated carbocycles. The first-order valence-corrected chi connectivity index (χ1v) is 11.2.